The van der Waals surface area contributed by atoms with E-state index in [0.29, 0.717) is 21.1 Å². The Morgan fingerprint density at radius 2 is 2.29 bits per heavy atom. The van der Waals surface area contributed by atoms with Crippen LogP contribution in [0.15, 0.2) is 27.6 Å². The zero-order chi connectivity index (χ0) is 12.4. The lowest BCUT2D eigenvalue weighted by Crippen LogP contribution is -2.17. The Bertz CT molecular complexity index is 558. The lowest BCUT2D eigenvalue weighted by atomic mass is 10.1. The highest BCUT2D eigenvalue weighted by Crippen LogP contribution is 2.17. The van der Waals surface area contributed by atoms with Gasteiger partial charge in [0.1, 0.15) is 0 Å². The van der Waals surface area contributed by atoms with Crippen LogP contribution in [0, 0.1) is 9.49 Å². The van der Waals surface area contributed by atoms with Crippen molar-refractivity contribution in [1.29, 1.82) is 0 Å². The van der Waals surface area contributed by atoms with Gasteiger partial charge in [0.05, 0.1) is 15.5 Å². The summed E-state index contributed by atoms with van der Waals surface area (Å²) in [5, 5.41) is 0. The number of hydrogen-bond acceptors (Lipinski definition) is 3. The van der Waals surface area contributed by atoms with Gasteiger partial charge in [-0.25, -0.2) is 4.98 Å². The molecule has 5 heteroatoms. The molecule has 0 saturated heterocycles. The molecule has 2 aromatic rings. The Morgan fingerprint density at radius 3 is 2.88 bits per heavy atom. The predicted molar refractivity (Wildman–Crippen MR) is 73.8 cm³/mol. The summed E-state index contributed by atoms with van der Waals surface area (Å²) in [6.45, 7) is 4.21. The fourth-order valence-corrected chi connectivity index (χ4v) is 2.03. The average Bonchev–Trinajstić information content (AvgIpc) is 2.77. The van der Waals surface area contributed by atoms with Crippen molar-refractivity contribution < 1.29 is 4.42 Å². The summed E-state index contributed by atoms with van der Waals surface area (Å²) in [4.78, 5) is 19.0. The van der Waals surface area contributed by atoms with Gasteiger partial charge in [-0.15, -0.1) is 0 Å². The van der Waals surface area contributed by atoms with Crippen LogP contribution in [0.5, 0.6) is 0 Å². The first-order valence-electron chi connectivity index (χ1n) is 5.40. The molecule has 2 rings (SSSR count). The van der Waals surface area contributed by atoms with E-state index >= 15 is 0 Å². The van der Waals surface area contributed by atoms with Gasteiger partial charge in [0, 0.05) is 0 Å². The molecule has 0 unspecified atom stereocenters. The SMILES string of the molecule is CC(C)Cc1nc(-c2ccco2)[nH]c(=O)c1I. The molecule has 90 valence electrons. The minimum Gasteiger partial charge on any atom is -0.461 e. The second-order valence-corrected chi connectivity index (χ2v) is 5.33. The number of nitrogens with zero attached hydrogens (tertiary/aromatic N) is 1. The molecule has 17 heavy (non-hydrogen) atoms. The molecule has 0 aliphatic rings. The molecule has 0 aliphatic heterocycles. The minimum atomic E-state index is -0.109. The van der Waals surface area contributed by atoms with Crippen molar-refractivity contribution >= 4 is 22.6 Å². The summed E-state index contributed by atoms with van der Waals surface area (Å²) in [7, 11) is 0. The Hall–Kier alpha value is -1.11. The van der Waals surface area contributed by atoms with Gasteiger partial charge in [0.25, 0.3) is 5.56 Å². The van der Waals surface area contributed by atoms with Crippen LogP contribution in [0.2, 0.25) is 0 Å². The van der Waals surface area contributed by atoms with Gasteiger partial charge in [0.2, 0.25) is 0 Å². The first-order valence-corrected chi connectivity index (χ1v) is 6.48. The maximum Gasteiger partial charge on any atom is 0.264 e. The lowest BCUT2D eigenvalue weighted by Gasteiger charge is -2.07. The number of halogens is 1. The Balaban J connectivity index is 2.50. The van der Waals surface area contributed by atoms with E-state index in [1.807, 2.05) is 22.6 Å². The summed E-state index contributed by atoms with van der Waals surface area (Å²) in [5.74, 6) is 1.54. The van der Waals surface area contributed by atoms with Crippen molar-refractivity contribution in [2.24, 2.45) is 5.92 Å². The van der Waals surface area contributed by atoms with Crippen LogP contribution >= 0.6 is 22.6 Å². The van der Waals surface area contributed by atoms with Gasteiger partial charge in [-0.2, -0.15) is 0 Å². The van der Waals surface area contributed by atoms with Crippen LogP contribution in [0.1, 0.15) is 19.5 Å². The third-order valence-corrected chi connectivity index (χ3v) is 3.40. The van der Waals surface area contributed by atoms with Crippen LogP contribution in [-0.2, 0) is 6.42 Å². The molecule has 0 spiro atoms. The van der Waals surface area contributed by atoms with E-state index in [4.69, 9.17) is 4.42 Å². The molecule has 0 amide bonds. The van der Waals surface area contributed by atoms with Crippen LogP contribution in [0.3, 0.4) is 0 Å². The van der Waals surface area contributed by atoms with E-state index in [1.54, 1.807) is 18.4 Å². The quantitative estimate of drug-likeness (QED) is 0.871. The van der Waals surface area contributed by atoms with E-state index in [-0.39, 0.29) is 5.56 Å². The number of H-pyrrole nitrogens is 1. The predicted octanol–water partition coefficient (Wildman–Crippen LogP) is 2.83. The van der Waals surface area contributed by atoms with E-state index < -0.39 is 0 Å². The first-order chi connectivity index (χ1) is 8.08. The van der Waals surface area contributed by atoms with Gasteiger partial charge < -0.3 is 9.40 Å². The largest absolute Gasteiger partial charge is 0.461 e. The molecule has 1 N–H and O–H groups in total. The van der Waals surface area contributed by atoms with Crippen molar-refractivity contribution in [3.63, 3.8) is 0 Å². The number of nitrogens with one attached hydrogen (secondary N) is 1. The Labute approximate surface area is 113 Å². The molecule has 0 atom stereocenters. The second-order valence-electron chi connectivity index (χ2n) is 4.25. The number of aromatic nitrogens is 2. The number of aromatic amines is 1. The molecule has 0 fully saturated rings. The molecule has 0 aromatic carbocycles. The lowest BCUT2D eigenvalue weighted by molar-refractivity contribution is 0.574. The number of rotatable bonds is 3. The zero-order valence-corrected chi connectivity index (χ0v) is 11.8. The standard InChI is InChI=1S/C12H13IN2O2/c1-7(2)6-8-10(13)12(16)15-11(14-8)9-4-3-5-17-9/h3-5,7H,6H2,1-2H3,(H,14,15,16). The van der Waals surface area contributed by atoms with Gasteiger partial charge in [0.15, 0.2) is 11.6 Å². The highest BCUT2D eigenvalue weighted by atomic mass is 127. The highest BCUT2D eigenvalue weighted by Gasteiger charge is 2.12. The Kier molecular flexibility index (Phi) is 3.66. The van der Waals surface area contributed by atoms with Crippen LogP contribution in [-0.4, -0.2) is 9.97 Å². The van der Waals surface area contributed by atoms with E-state index in [9.17, 15) is 4.79 Å². The zero-order valence-electron chi connectivity index (χ0n) is 9.66. The molecule has 0 radical (unpaired) electrons. The summed E-state index contributed by atoms with van der Waals surface area (Å²) in [5.41, 5.74) is 0.721. The van der Waals surface area contributed by atoms with Crippen molar-refractivity contribution in [3.05, 3.63) is 38.0 Å². The normalized spacial score (nSPS) is 11.1. The molecule has 0 saturated carbocycles. The molecule has 2 heterocycles. The average molecular weight is 344 g/mol. The van der Waals surface area contributed by atoms with Crippen LogP contribution < -0.4 is 5.56 Å². The fraction of sp³-hybridized carbons (Fsp3) is 0.333. The topological polar surface area (TPSA) is 58.9 Å². The second kappa shape index (κ2) is 5.03. The number of hydrogen-bond donors (Lipinski definition) is 1. The van der Waals surface area contributed by atoms with E-state index in [0.717, 1.165) is 12.1 Å². The van der Waals surface area contributed by atoms with E-state index in [1.165, 1.54) is 0 Å². The summed E-state index contributed by atoms with van der Waals surface area (Å²) >= 11 is 2.04. The third-order valence-electron chi connectivity index (χ3n) is 2.29. The van der Waals surface area contributed by atoms with Gasteiger partial charge >= 0.3 is 0 Å². The van der Waals surface area contributed by atoms with Crippen molar-refractivity contribution in [3.8, 4) is 11.6 Å². The summed E-state index contributed by atoms with van der Waals surface area (Å²) in [6, 6.07) is 3.56. The number of furan rings is 1. The molecule has 4 nitrogen and oxygen atoms in total. The monoisotopic (exact) mass is 344 g/mol. The third kappa shape index (κ3) is 2.77. The molecule has 0 bridgehead atoms. The van der Waals surface area contributed by atoms with Gasteiger partial charge in [-0.1, -0.05) is 13.8 Å². The molecule has 0 aliphatic carbocycles. The molecule has 2 aromatic heterocycles. The van der Waals surface area contributed by atoms with Crippen molar-refractivity contribution in [1.82, 2.24) is 9.97 Å². The van der Waals surface area contributed by atoms with Gasteiger partial charge in [-0.05, 0) is 47.1 Å². The fourth-order valence-electron chi connectivity index (χ4n) is 1.56. The first kappa shape index (κ1) is 12.3. The molecular formula is C12H13IN2O2. The highest BCUT2D eigenvalue weighted by molar-refractivity contribution is 14.1. The Morgan fingerprint density at radius 1 is 1.53 bits per heavy atom. The smallest absolute Gasteiger partial charge is 0.264 e. The van der Waals surface area contributed by atoms with E-state index in [2.05, 4.69) is 23.8 Å². The van der Waals surface area contributed by atoms with Crippen molar-refractivity contribution in [2.75, 3.05) is 0 Å². The van der Waals surface area contributed by atoms with Gasteiger partial charge in [-0.3, -0.25) is 4.79 Å². The summed E-state index contributed by atoms with van der Waals surface area (Å²) < 4.78 is 5.90. The summed E-state index contributed by atoms with van der Waals surface area (Å²) in [6.07, 6.45) is 2.35. The molecular weight excluding hydrogens is 331 g/mol. The minimum absolute atomic E-state index is 0.109. The van der Waals surface area contributed by atoms with Crippen molar-refractivity contribution in [2.45, 2.75) is 20.3 Å². The van der Waals surface area contributed by atoms with Crippen LogP contribution in [0.25, 0.3) is 11.6 Å². The maximum absolute atomic E-state index is 11.8. The maximum atomic E-state index is 11.8. The van der Waals surface area contributed by atoms with Crippen LogP contribution in [0.4, 0.5) is 0 Å².